The van der Waals surface area contributed by atoms with E-state index in [1.807, 2.05) is 48.4 Å². The number of carbonyl (C=O) groups is 2. The standard InChI is InChI=1S/C27H32Cl2N6O2S/c1-4-35-25(24(18(2)3)30-26(37)21-11-10-19(28)16-22(21)29)31-32-27(35)38-17-23(36)34-14-12-33(13-15-34)20-8-6-5-7-9-20/h5-11,16,18,24H,4,12-15,17H2,1-3H3,(H,30,37)/t24-/m0/s1. The number of hydrogen-bond acceptors (Lipinski definition) is 6. The first kappa shape index (κ1) is 28.3. The molecule has 3 aromatic rings. The van der Waals surface area contributed by atoms with E-state index in [0.717, 1.165) is 13.1 Å². The number of halogens is 2. The van der Waals surface area contributed by atoms with Crippen molar-refractivity contribution in [3.63, 3.8) is 0 Å². The van der Waals surface area contributed by atoms with E-state index in [2.05, 4.69) is 32.5 Å². The number of hydrogen-bond donors (Lipinski definition) is 1. The number of carbonyl (C=O) groups excluding carboxylic acids is 2. The molecule has 38 heavy (non-hydrogen) atoms. The summed E-state index contributed by atoms with van der Waals surface area (Å²) < 4.78 is 1.96. The minimum atomic E-state index is -0.391. The van der Waals surface area contributed by atoms with Crippen molar-refractivity contribution in [3.05, 3.63) is 70.0 Å². The molecule has 1 aromatic heterocycles. The number of aromatic nitrogens is 3. The average Bonchev–Trinajstić information content (AvgIpc) is 3.33. The molecule has 1 saturated heterocycles. The van der Waals surface area contributed by atoms with Crippen LogP contribution in [0.25, 0.3) is 0 Å². The molecule has 1 aliphatic heterocycles. The molecule has 1 fully saturated rings. The van der Waals surface area contributed by atoms with Gasteiger partial charge in [0.25, 0.3) is 5.91 Å². The second-order valence-corrected chi connectivity index (χ2v) is 11.2. The van der Waals surface area contributed by atoms with E-state index in [9.17, 15) is 9.59 Å². The van der Waals surface area contributed by atoms with Gasteiger partial charge in [0.05, 0.1) is 22.4 Å². The normalized spacial score (nSPS) is 14.6. The van der Waals surface area contributed by atoms with Crippen LogP contribution in [0.2, 0.25) is 10.0 Å². The lowest BCUT2D eigenvalue weighted by Gasteiger charge is -2.36. The van der Waals surface area contributed by atoms with Crippen LogP contribution in [0.5, 0.6) is 0 Å². The fourth-order valence-corrected chi connectivity index (χ4v) is 5.83. The van der Waals surface area contributed by atoms with Gasteiger partial charge in [-0.3, -0.25) is 9.59 Å². The van der Waals surface area contributed by atoms with Gasteiger partial charge in [-0.15, -0.1) is 10.2 Å². The number of rotatable bonds is 9. The van der Waals surface area contributed by atoms with E-state index in [1.165, 1.54) is 17.4 Å². The largest absolute Gasteiger partial charge is 0.368 e. The van der Waals surface area contributed by atoms with Gasteiger partial charge in [0.15, 0.2) is 11.0 Å². The molecule has 1 N–H and O–H groups in total. The summed E-state index contributed by atoms with van der Waals surface area (Å²) in [6.07, 6.45) is 0. The molecule has 0 aliphatic carbocycles. The Morgan fingerprint density at radius 3 is 2.37 bits per heavy atom. The molecule has 4 rings (SSSR count). The van der Waals surface area contributed by atoms with Gasteiger partial charge in [0.1, 0.15) is 0 Å². The Morgan fingerprint density at radius 2 is 1.74 bits per heavy atom. The van der Waals surface area contributed by atoms with Crippen LogP contribution in [-0.4, -0.2) is 63.4 Å². The highest BCUT2D eigenvalue weighted by Gasteiger charge is 2.28. The Bertz CT molecular complexity index is 1260. The summed E-state index contributed by atoms with van der Waals surface area (Å²) in [5, 5.41) is 13.2. The molecule has 2 amide bonds. The Hall–Kier alpha value is -2.75. The van der Waals surface area contributed by atoms with Gasteiger partial charge in [-0.2, -0.15) is 0 Å². The molecule has 0 radical (unpaired) electrons. The molecule has 1 aliphatic rings. The van der Waals surface area contributed by atoms with Crippen LogP contribution in [0, 0.1) is 5.92 Å². The van der Waals surface area contributed by atoms with E-state index in [4.69, 9.17) is 23.2 Å². The van der Waals surface area contributed by atoms with Gasteiger partial charge in [-0.25, -0.2) is 0 Å². The maximum atomic E-state index is 13.0. The molecule has 1 atom stereocenters. The Morgan fingerprint density at radius 1 is 1.03 bits per heavy atom. The molecular weight excluding hydrogens is 543 g/mol. The molecule has 11 heteroatoms. The molecule has 0 unspecified atom stereocenters. The summed E-state index contributed by atoms with van der Waals surface area (Å²) >= 11 is 13.6. The summed E-state index contributed by atoms with van der Waals surface area (Å²) in [7, 11) is 0. The molecule has 0 spiro atoms. The van der Waals surface area contributed by atoms with Crippen molar-refractivity contribution in [1.82, 2.24) is 25.0 Å². The molecule has 8 nitrogen and oxygen atoms in total. The number of anilines is 1. The van der Waals surface area contributed by atoms with E-state index in [-0.39, 0.29) is 28.5 Å². The van der Waals surface area contributed by atoms with Crippen LogP contribution < -0.4 is 10.2 Å². The third kappa shape index (κ3) is 6.62. The van der Waals surface area contributed by atoms with E-state index in [1.54, 1.807) is 18.2 Å². The lowest BCUT2D eigenvalue weighted by atomic mass is 10.0. The summed E-state index contributed by atoms with van der Waals surface area (Å²) in [4.78, 5) is 30.2. The fraction of sp³-hybridized carbons (Fsp3) is 0.407. The van der Waals surface area contributed by atoms with Gasteiger partial charge < -0.3 is 19.7 Å². The molecule has 2 heterocycles. The molecule has 202 valence electrons. The smallest absolute Gasteiger partial charge is 0.253 e. The highest BCUT2D eigenvalue weighted by molar-refractivity contribution is 7.99. The number of nitrogens with one attached hydrogen (secondary N) is 1. The predicted molar refractivity (Wildman–Crippen MR) is 153 cm³/mol. The lowest BCUT2D eigenvalue weighted by Crippen LogP contribution is -2.49. The van der Waals surface area contributed by atoms with Gasteiger partial charge in [0, 0.05) is 43.4 Å². The topological polar surface area (TPSA) is 83.4 Å². The third-order valence-electron chi connectivity index (χ3n) is 6.55. The first-order chi connectivity index (χ1) is 18.3. The van der Waals surface area contributed by atoms with Crippen molar-refractivity contribution in [3.8, 4) is 0 Å². The van der Waals surface area contributed by atoms with Crippen molar-refractivity contribution >= 4 is 52.5 Å². The fourth-order valence-electron chi connectivity index (χ4n) is 4.43. The van der Waals surface area contributed by atoms with Crippen LogP contribution in [0.3, 0.4) is 0 Å². The Kier molecular flexibility index (Phi) is 9.57. The quantitative estimate of drug-likeness (QED) is 0.355. The monoisotopic (exact) mass is 574 g/mol. The zero-order valence-corrected chi connectivity index (χ0v) is 24.1. The minimum absolute atomic E-state index is 0.0416. The highest BCUT2D eigenvalue weighted by atomic mass is 35.5. The van der Waals surface area contributed by atoms with Crippen molar-refractivity contribution in [1.29, 1.82) is 0 Å². The van der Waals surface area contributed by atoms with Crippen molar-refractivity contribution in [2.45, 2.75) is 38.5 Å². The van der Waals surface area contributed by atoms with E-state index >= 15 is 0 Å². The van der Waals surface area contributed by atoms with Crippen molar-refractivity contribution in [2.75, 3.05) is 36.8 Å². The van der Waals surface area contributed by atoms with Crippen LogP contribution in [0.15, 0.2) is 53.7 Å². The van der Waals surface area contributed by atoms with Gasteiger partial charge in [-0.1, -0.05) is 67.0 Å². The molecule has 0 bridgehead atoms. The van der Waals surface area contributed by atoms with Crippen LogP contribution in [0.1, 0.15) is 43.0 Å². The number of benzene rings is 2. The van der Waals surface area contributed by atoms with Crippen LogP contribution >= 0.6 is 35.0 Å². The van der Waals surface area contributed by atoms with Gasteiger partial charge in [0.2, 0.25) is 5.91 Å². The maximum absolute atomic E-state index is 13.0. The number of piperazine rings is 1. The zero-order chi connectivity index (χ0) is 27.2. The Balaban J connectivity index is 1.39. The SMILES string of the molecule is CCn1c(SCC(=O)N2CCN(c3ccccc3)CC2)nnc1[C@@H](NC(=O)c1ccc(Cl)cc1Cl)C(C)C. The lowest BCUT2D eigenvalue weighted by molar-refractivity contribution is -0.128. The highest BCUT2D eigenvalue weighted by Crippen LogP contribution is 2.27. The summed E-state index contributed by atoms with van der Waals surface area (Å²) in [5.41, 5.74) is 1.53. The molecule has 0 saturated carbocycles. The third-order valence-corrected chi connectivity index (χ3v) is 8.05. The zero-order valence-electron chi connectivity index (χ0n) is 21.7. The first-order valence-corrected chi connectivity index (χ1v) is 14.4. The summed E-state index contributed by atoms with van der Waals surface area (Å²) in [5.74, 6) is 0.742. The van der Waals surface area contributed by atoms with Crippen molar-refractivity contribution in [2.24, 2.45) is 5.92 Å². The van der Waals surface area contributed by atoms with E-state index in [0.29, 0.717) is 41.2 Å². The second kappa shape index (κ2) is 12.9. The van der Waals surface area contributed by atoms with Crippen LogP contribution in [0.4, 0.5) is 5.69 Å². The predicted octanol–water partition coefficient (Wildman–Crippen LogP) is 5.17. The number of para-hydroxylation sites is 1. The van der Waals surface area contributed by atoms with Gasteiger partial charge in [-0.05, 0) is 43.2 Å². The maximum Gasteiger partial charge on any atom is 0.253 e. The number of thioether (sulfide) groups is 1. The van der Waals surface area contributed by atoms with Gasteiger partial charge >= 0.3 is 0 Å². The summed E-state index contributed by atoms with van der Waals surface area (Å²) in [6.45, 7) is 9.62. The number of nitrogens with zero attached hydrogens (tertiary/aromatic N) is 5. The summed E-state index contributed by atoms with van der Waals surface area (Å²) in [6, 6.07) is 14.7. The second-order valence-electron chi connectivity index (χ2n) is 9.40. The van der Waals surface area contributed by atoms with E-state index < -0.39 is 6.04 Å². The molecule has 2 aromatic carbocycles. The minimum Gasteiger partial charge on any atom is -0.368 e. The first-order valence-electron chi connectivity index (χ1n) is 12.7. The molecular formula is C27H32Cl2N6O2S. The van der Waals surface area contributed by atoms with Crippen LogP contribution in [-0.2, 0) is 11.3 Å². The Labute approximate surface area is 237 Å². The number of amides is 2. The average molecular weight is 576 g/mol. The van der Waals surface area contributed by atoms with Crippen molar-refractivity contribution < 1.29 is 9.59 Å².